The molecule has 1 aromatic heterocycles. The number of hydrogen-bond donors (Lipinski definition) is 1. The third-order valence-electron chi connectivity index (χ3n) is 3.44. The first-order valence-corrected chi connectivity index (χ1v) is 7.19. The summed E-state index contributed by atoms with van der Waals surface area (Å²) in [6, 6.07) is 7.03. The van der Waals surface area contributed by atoms with Crippen LogP contribution in [0.4, 0.5) is 13.2 Å². The normalized spacial score (nSPS) is 13.8. The van der Waals surface area contributed by atoms with Gasteiger partial charge in [-0.3, -0.25) is 4.68 Å². The van der Waals surface area contributed by atoms with Crippen LogP contribution < -0.4 is 5.32 Å². The summed E-state index contributed by atoms with van der Waals surface area (Å²) in [4.78, 5) is 0. The van der Waals surface area contributed by atoms with Gasteiger partial charge in [-0.2, -0.15) is 18.3 Å². The zero-order chi connectivity index (χ0) is 15.5. The minimum atomic E-state index is -4.17. The fourth-order valence-corrected chi connectivity index (χ4v) is 2.61. The van der Waals surface area contributed by atoms with Gasteiger partial charge in [0.25, 0.3) is 0 Å². The average Bonchev–Trinajstić information content (AvgIpc) is 2.76. The van der Waals surface area contributed by atoms with Gasteiger partial charge in [0.05, 0.1) is 17.6 Å². The maximum absolute atomic E-state index is 12.7. The van der Waals surface area contributed by atoms with E-state index in [1.54, 1.807) is 0 Å². The molecule has 1 unspecified atom stereocenters. The second kappa shape index (κ2) is 6.47. The highest BCUT2D eigenvalue weighted by molar-refractivity contribution is 5.82. The third kappa shape index (κ3) is 3.97. The lowest BCUT2D eigenvalue weighted by molar-refractivity contribution is -0.139. The number of rotatable bonds is 6. The van der Waals surface area contributed by atoms with E-state index in [1.165, 1.54) is 0 Å². The molecule has 0 fully saturated rings. The minimum Gasteiger partial charge on any atom is -0.314 e. The number of nitrogens with zero attached hydrogens (tertiary/aromatic N) is 2. The van der Waals surface area contributed by atoms with Gasteiger partial charge >= 0.3 is 6.18 Å². The van der Waals surface area contributed by atoms with E-state index < -0.39 is 18.6 Å². The molecule has 116 valence electrons. The number of benzene rings is 1. The van der Waals surface area contributed by atoms with Crippen LogP contribution in [0.3, 0.4) is 0 Å². The summed E-state index contributed by atoms with van der Waals surface area (Å²) in [6.45, 7) is 4.99. The lowest BCUT2D eigenvalue weighted by Gasteiger charge is -2.18. The van der Waals surface area contributed by atoms with Crippen molar-refractivity contribution in [2.45, 2.75) is 45.5 Å². The van der Waals surface area contributed by atoms with Gasteiger partial charge in [0, 0.05) is 24.4 Å². The van der Waals surface area contributed by atoms with Gasteiger partial charge in [0.15, 0.2) is 0 Å². The largest absolute Gasteiger partial charge is 0.390 e. The molecular formula is C15H20F3N3. The quantitative estimate of drug-likeness (QED) is 0.884. The number of para-hydroxylation sites is 1. The monoisotopic (exact) mass is 299 g/mol. The Morgan fingerprint density at radius 3 is 2.57 bits per heavy atom. The molecular weight excluding hydrogens is 279 g/mol. The molecule has 0 aliphatic rings. The Morgan fingerprint density at radius 1 is 1.24 bits per heavy atom. The van der Waals surface area contributed by atoms with Gasteiger partial charge in [-0.25, -0.2) is 0 Å². The van der Waals surface area contributed by atoms with Crippen molar-refractivity contribution in [3.8, 4) is 0 Å². The Kier molecular flexibility index (Phi) is 4.88. The molecule has 0 saturated carbocycles. The molecule has 0 saturated heterocycles. The van der Waals surface area contributed by atoms with Gasteiger partial charge in [0.2, 0.25) is 0 Å². The van der Waals surface area contributed by atoms with Crippen LogP contribution in [0.2, 0.25) is 0 Å². The fraction of sp³-hybridized carbons (Fsp3) is 0.533. The van der Waals surface area contributed by atoms with E-state index in [9.17, 15) is 13.2 Å². The number of aryl methyl sites for hydroxylation is 1. The number of hydrogen-bond acceptors (Lipinski definition) is 2. The highest BCUT2D eigenvalue weighted by Gasteiger charge is 2.32. The van der Waals surface area contributed by atoms with Gasteiger partial charge in [-0.1, -0.05) is 25.1 Å². The van der Waals surface area contributed by atoms with Gasteiger partial charge < -0.3 is 5.32 Å². The summed E-state index contributed by atoms with van der Waals surface area (Å²) in [5.41, 5.74) is 1.69. The van der Waals surface area contributed by atoms with E-state index in [-0.39, 0.29) is 6.42 Å². The van der Waals surface area contributed by atoms with E-state index in [0.717, 1.165) is 16.6 Å². The van der Waals surface area contributed by atoms with E-state index >= 15 is 0 Å². The average molecular weight is 299 g/mol. The maximum atomic E-state index is 12.7. The molecule has 1 N–H and O–H groups in total. The first-order valence-electron chi connectivity index (χ1n) is 7.19. The lowest BCUT2D eigenvalue weighted by Crippen LogP contribution is -2.35. The molecule has 0 radical (unpaired) electrons. The molecule has 1 aromatic carbocycles. The number of nitrogens with one attached hydrogen (secondary N) is 1. The van der Waals surface area contributed by atoms with Crippen molar-refractivity contribution in [3.05, 3.63) is 30.0 Å². The molecule has 0 aliphatic heterocycles. The summed E-state index contributed by atoms with van der Waals surface area (Å²) in [5.74, 6) is 0. The maximum Gasteiger partial charge on any atom is 0.390 e. The predicted octanol–water partition coefficient (Wildman–Crippen LogP) is 3.53. The SMILES string of the molecule is CCNC(Cc1nn(CC)c2ccccc12)CC(F)(F)F. The standard InChI is InChI=1S/C15H20F3N3/c1-3-19-11(10-15(16,17)18)9-13-12-7-5-6-8-14(12)21(4-2)20-13/h5-8,11,19H,3-4,9-10H2,1-2H3. The molecule has 3 nitrogen and oxygen atoms in total. The number of likely N-dealkylation sites (N-methyl/N-ethyl adjacent to an activating group) is 1. The third-order valence-corrected chi connectivity index (χ3v) is 3.44. The van der Waals surface area contributed by atoms with Crippen LogP contribution in [0, 0.1) is 0 Å². The Balaban J connectivity index is 2.28. The Labute approximate surface area is 122 Å². The summed E-state index contributed by atoms with van der Waals surface area (Å²) < 4.78 is 39.8. The summed E-state index contributed by atoms with van der Waals surface area (Å²) in [7, 11) is 0. The zero-order valence-corrected chi connectivity index (χ0v) is 12.2. The highest BCUT2D eigenvalue weighted by Crippen LogP contribution is 2.25. The minimum absolute atomic E-state index is 0.279. The van der Waals surface area contributed by atoms with Crippen molar-refractivity contribution in [1.82, 2.24) is 15.1 Å². The molecule has 0 bridgehead atoms. The fourth-order valence-electron chi connectivity index (χ4n) is 2.61. The van der Waals surface area contributed by atoms with E-state index in [4.69, 9.17) is 0 Å². The van der Waals surface area contributed by atoms with Crippen LogP contribution in [0.5, 0.6) is 0 Å². The zero-order valence-electron chi connectivity index (χ0n) is 12.2. The molecule has 0 aliphatic carbocycles. The second-order valence-corrected chi connectivity index (χ2v) is 5.06. The van der Waals surface area contributed by atoms with Crippen LogP contribution in [-0.2, 0) is 13.0 Å². The highest BCUT2D eigenvalue weighted by atomic mass is 19.4. The van der Waals surface area contributed by atoms with E-state index in [0.29, 0.717) is 13.1 Å². The van der Waals surface area contributed by atoms with Crippen molar-refractivity contribution < 1.29 is 13.2 Å². The second-order valence-electron chi connectivity index (χ2n) is 5.06. The lowest BCUT2D eigenvalue weighted by atomic mass is 10.0. The van der Waals surface area contributed by atoms with Crippen molar-refractivity contribution in [3.63, 3.8) is 0 Å². The van der Waals surface area contributed by atoms with Gasteiger partial charge in [0.1, 0.15) is 0 Å². The molecule has 21 heavy (non-hydrogen) atoms. The Morgan fingerprint density at radius 2 is 1.95 bits per heavy atom. The molecule has 6 heteroatoms. The summed E-state index contributed by atoms with van der Waals surface area (Å²) >= 11 is 0. The van der Waals surface area contributed by atoms with Crippen molar-refractivity contribution >= 4 is 10.9 Å². The Bertz CT molecular complexity index is 589. The van der Waals surface area contributed by atoms with Crippen molar-refractivity contribution in [2.24, 2.45) is 0 Å². The number of fused-ring (bicyclic) bond motifs is 1. The van der Waals surface area contributed by atoms with Crippen molar-refractivity contribution in [2.75, 3.05) is 6.54 Å². The van der Waals surface area contributed by atoms with Crippen LogP contribution in [0.1, 0.15) is 26.0 Å². The number of alkyl halides is 3. The predicted molar refractivity (Wildman–Crippen MR) is 77.2 cm³/mol. The van der Waals surface area contributed by atoms with Gasteiger partial charge in [-0.05, 0) is 19.5 Å². The molecule has 1 heterocycles. The van der Waals surface area contributed by atoms with E-state index in [2.05, 4.69) is 10.4 Å². The first-order chi connectivity index (χ1) is 9.94. The van der Waals surface area contributed by atoms with Crippen LogP contribution in [-0.4, -0.2) is 28.5 Å². The first kappa shape index (κ1) is 15.8. The molecule has 2 rings (SSSR count). The van der Waals surface area contributed by atoms with Crippen LogP contribution in [0.25, 0.3) is 10.9 Å². The topological polar surface area (TPSA) is 29.9 Å². The Hall–Kier alpha value is -1.56. The molecule has 0 spiro atoms. The molecule has 2 aromatic rings. The van der Waals surface area contributed by atoms with Crippen LogP contribution in [0.15, 0.2) is 24.3 Å². The number of halogens is 3. The molecule has 0 amide bonds. The smallest absolute Gasteiger partial charge is 0.314 e. The summed E-state index contributed by atoms with van der Waals surface area (Å²) in [6.07, 6.45) is -4.73. The van der Waals surface area contributed by atoms with E-state index in [1.807, 2.05) is 42.8 Å². The van der Waals surface area contributed by atoms with Gasteiger partial charge in [-0.15, -0.1) is 0 Å². The van der Waals surface area contributed by atoms with Crippen LogP contribution >= 0.6 is 0 Å². The summed E-state index contributed by atoms with van der Waals surface area (Å²) in [5, 5.41) is 8.31. The number of aromatic nitrogens is 2. The molecule has 1 atom stereocenters. The van der Waals surface area contributed by atoms with Crippen molar-refractivity contribution in [1.29, 1.82) is 0 Å².